The van der Waals surface area contributed by atoms with Crippen LogP contribution < -0.4 is 14.8 Å². The number of hydrogen-bond donors (Lipinski definition) is 1. The molecule has 0 saturated heterocycles. The first-order valence-corrected chi connectivity index (χ1v) is 8.11. The molecule has 1 amide bonds. The molecule has 0 atom stereocenters. The van der Waals surface area contributed by atoms with E-state index in [2.05, 4.69) is 10.3 Å². The molecular formula is C18H18ClN3O3. The van der Waals surface area contributed by atoms with Crippen molar-refractivity contribution in [2.24, 2.45) is 0 Å². The third-order valence-electron chi connectivity index (χ3n) is 3.86. The number of fused-ring (bicyclic) bond motifs is 1. The number of carbonyl (C=O) groups excluding carboxylic acids is 1. The number of halogens is 1. The van der Waals surface area contributed by atoms with Gasteiger partial charge in [0.1, 0.15) is 11.5 Å². The van der Waals surface area contributed by atoms with Crippen molar-refractivity contribution < 1.29 is 14.3 Å². The number of carbonyl (C=O) groups is 1. The molecule has 0 bridgehead atoms. The third-order valence-corrected chi connectivity index (χ3v) is 4.15. The molecule has 0 aliphatic heterocycles. The normalized spacial score (nSPS) is 10.7. The summed E-state index contributed by atoms with van der Waals surface area (Å²) < 4.78 is 12.4. The van der Waals surface area contributed by atoms with Gasteiger partial charge in [0.2, 0.25) is 5.91 Å². The molecule has 0 radical (unpaired) electrons. The summed E-state index contributed by atoms with van der Waals surface area (Å²) in [7, 11) is 3.04. The van der Waals surface area contributed by atoms with Crippen LogP contribution in [-0.2, 0) is 11.3 Å². The van der Waals surface area contributed by atoms with E-state index in [1.54, 1.807) is 18.5 Å². The summed E-state index contributed by atoms with van der Waals surface area (Å²) >= 11 is 6.07. The van der Waals surface area contributed by atoms with Crippen molar-refractivity contribution in [3.05, 3.63) is 47.7 Å². The maximum absolute atomic E-state index is 12.3. The lowest BCUT2D eigenvalue weighted by Gasteiger charge is -2.13. The third kappa shape index (κ3) is 3.69. The van der Waals surface area contributed by atoms with Gasteiger partial charge in [0.25, 0.3) is 0 Å². The Bertz CT molecular complexity index is 908. The number of aryl methyl sites for hydroxylation is 1. The van der Waals surface area contributed by atoms with E-state index in [9.17, 15) is 4.79 Å². The lowest BCUT2D eigenvalue weighted by Crippen LogP contribution is -2.15. The molecule has 0 aliphatic carbocycles. The number of para-hydroxylation sites is 2. The highest BCUT2D eigenvalue weighted by Crippen LogP contribution is 2.35. The number of hydrogen-bond acceptors (Lipinski definition) is 4. The summed E-state index contributed by atoms with van der Waals surface area (Å²) in [5.41, 5.74) is 2.43. The Labute approximate surface area is 150 Å². The van der Waals surface area contributed by atoms with Crippen molar-refractivity contribution >= 4 is 34.2 Å². The molecule has 6 nitrogen and oxygen atoms in total. The summed E-state index contributed by atoms with van der Waals surface area (Å²) in [6.07, 6.45) is 2.04. The fraction of sp³-hybridized carbons (Fsp3) is 0.222. The van der Waals surface area contributed by atoms with E-state index < -0.39 is 0 Å². The van der Waals surface area contributed by atoms with Gasteiger partial charge >= 0.3 is 0 Å². The van der Waals surface area contributed by atoms with E-state index in [0.29, 0.717) is 35.2 Å². The van der Waals surface area contributed by atoms with Crippen LogP contribution in [0.1, 0.15) is 6.42 Å². The second-order valence-corrected chi connectivity index (χ2v) is 5.82. The summed E-state index contributed by atoms with van der Waals surface area (Å²) in [4.78, 5) is 16.6. The van der Waals surface area contributed by atoms with Crippen LogP contribution in [0.15, 0.2) is 42.7 Å². The van der Waals surface area contributed by atoms with E-state index in [1.165, 1.54) is 14.2 Å². The summed E-state index contributed by atoms with van der Waals surface area (Å²) in [6.45, 7) is 0.527. The highest BCUT2D eigenvalue weighted by molar-refractivity contribution is 6.32. The first-order chi connectivity index (χ1) is 12.1. The van der Waals surface area contributed by atoms with Crippen molar-refractivity contribution in [3.8, 4) is 11.5 Å². The molecule has 2 aromatic carbocycles. The minimum Gasteiger partial charge on any atom is -0.495 e. The van der Waals surface area contributed by atoms with Crippen LogP contribution in [0.4, 0.5) is 5.69 Å². The Morgan fingerprint density at radius 3 is 2.72 bits per heavy atom. The quantitative estimate of drug-likeness (QED) is 0.728. The Morgan fingerprint density at radius 1 is 1.20 bits per heavy atom. The van der Waals surface area contributed by atoms with Crippen LogP contribution in [0.5, 0.6) is 11.5 Å². The van der Waals surface area contributed by atoms with Gasteiger partial charge in [0.05, 0.1) is 42.3 Å². The zero-order valence-corrected chi connectivity index (χ0v) is 14.7. The van der Waals surface area contributed by atoms with Crippen LogP contribution in [0.25, 0.3) is 11.0 Å². The molecule has 0 saturated carbocycles. The number of imidazole rings is 1. The van der Waals surface area contributed by atoms with Gasteiger partial charge in [0.15, 0.2) is 0 Å². The number of rotatable bonds is 6. The SMILES string of the molecule is COc1cc(NC(=O)CCn2cnc3ccccc32)c(OC)cc1Cl. The minimum atomic E-state index is -0.138. The number of benzene rings is 2. The molecule has 0 fully saturated rings. The fourth-order valence-electron chi connectivity index (χ4n) is 2.58. The Hall–Kier alpha value is -2.73. The average molecular weight is 360 g/mol. The van der Waals surface area contributed by atoms with Gasteiger partial charge in [-0.15, -0.1) is 0 Å². The van der Waals surface area contributed by atoms with E-state index in [-0.39, 0.29) is 5.91 Å². The highest BCUT2D eigenvalue weighted by atomic mass is 35.5. The minimum absolute atomic E-state index is 0.138. The summed E-state index contributed by atoms with van der Waals surface area (Å²) in [6, 6.07) is 11.1. The van der Waals surface area contributed by atoms with Gasteiger partial charge in [-0.3, -0.25) is 4.79 Å². The predicted molar refractivity (Wildman–Crippen MR) is 97.5 cm³/mol. The number of anilines is 1. The van der Waals surface area contributed by atoms with Gasteiger partial charge in [0, 0.05) is 25.1 Å². The maximum atomic E-state index is 12.3. The van der Waals surface area contributed by atoms with E-state index in [4.69, 9.17) is 21.1 Å². The van der Waals surface area contributed by atoms with Crippen molar-refractivity contribution in [1.82, 2.24) is 9.55 Å². The zero-order chi connectivity index (χ0) is 17.8. The molecule has 0 aliphatic rings. The first-order valence-electron chi connectivity index (χ1n) is 7.73. The van der Waals surface area contributed by atoms with Gasteiger partial charge < -0.3 is 19.4 Å². The van der Waals surface area contributed by atoms with Gasteiger partial charge in [-0.2, -0.15) is 0 Å². The van der Waals surface area contributed by atoms with Crippen LogP contribution in [-0.4, -0.2) is 29.7 Å². The monoisotopic (exact) mass is 359 g/mol. The number of nitrogens with zero attached hydrogens (tertiary/aromatic N) is 2. The molecular weight excluding hydrogens is 342 g/mol. The van der Waals surface area contributed by atoms with Crippen LogP contribution >= 0.6 is 11.6 Å². The topological polar surface area (TPSA) is 65.4 Å². The number of amides is 1. The Kier molecular flexibility index (Phi) is 5.09. The van der Waals surface area contributed by atoms with Crippen LogP contribution in [0.2, 0.25) is 5.02 Å². The number of nitrogens with one attached hydrogen (secondary N) is 1. The molecule has 1 aromatic heterocycles. The molecule has 1 heterocycles. The molecule has 3 rings (SSSR count). The second-order valence-electron chi connectivity index (χ2n) is 5.41. The Morgan fingerprint density at radius 2 is 1.96 bits per heavy atom. The van der Waals surface area contributed by atoms with E-state index in [0.717, 1.165) is 11.0 Å². The van der Waals surface area contributed by atoms with Gasteiger partial charge in [-0.25, -0.2) is 4.98 Å². The molecule has 130 valence electrons. The van der Waals surface area contributed by atoms with Gasteiger partial charge in [-0.1, -0.05) is 23.7 Å². The summed E-state index contributed by atoms with van der Waals surface area (Å²) in [5.74, 6) is 0.811. The second kappa shape index (κ2) is 7.44. The molecule has 3 aromatic rings. The van der Waals surface area contributed by atoms with Crippen LogP contribution in [0, 0.1) is 0 Å². The van der Waals surface area contributed by atoms with Crippen molar-refractivity contribution in [3.63, 3.8) is 0 Å². The predicted octanol–water partition coefficient (Wildman–Crippen LogP) is 3.74. The lowest BCUT2D eigenvalue weighted by atomic mass is 10.2. The molecule has 25 heavy (non-hydrogen) atoms. The molecule has 0 spiro atoms. The smallest absolute Gasteiger partial charge is 0.226 e. The number of aromatic nitrogens is 2. The number of methoxy groups -OCH3 is 2. The molecule has 7 heteroatoms. The van der Waals surface area contributed by atoms with Gasteiger partial charge in [-0.05, 0) is 12.1 Å². The standard InChI is InChI=1S/C18H18ClN3O3/c1-24-16-10-14(17(25-2)9-12(16)19)21-18(23)7-8-22-11-20-13-5-3-4-6-15(13)22/h3-6,9-11H,7-8H2,1-2H3,(H,21,23). The van der Waals surface area contributed by atoms with Crippen molar-refractivity contribution in [2.45, 2.75) is 13.0 Å². The van der Waals surface area contributed by atoms with E-state index >= 15 is 0 Å². The fourth-order valence-corrected chi connectivity index (χ4v) is 2.81. The average Bonchev–Trinajstić information content (AvgIpc) is 3.04. The van der Waals surface area contributed by atoms with Crippen molar-refractivity contribution in [1.29, 1.82) is 0 Å². The molecule has 0 unspecified atom stereocenters. The summed E-state index contributed by atoms with van der Waals surface area (Å²) in [5, 5.41) is 3.26. The van der Waals surface area contributed by atoms with Crippen molar-refractivity contribution in [2.75, 3.05) is 19.5 Å². The maximum Gasteiger partial charge on any atom is 0.226 e. The zero-order valence-electron chi connectivity index (χ0n) is 14.0. The van der Waals surface area contributed by atoms with Crippen LogP contribution in [0.3, 0.4) is 0 Å². The number of ether oxygens (including phenoxy) is 2. The van der Waals surface area contributed by atoms with E-state index in [1.807, 2.05) is 28.8 Å². The first kappa shape index (κ1) is 17.1. The lowest BCUT2D eigenvalue weighted by molar-refractivity contribution is -0.116. The largest absolute Gasteiger partial charge is 0.495 e. The highest BCUT2D eigenvalue weighted by Gasteiger charge is 2.13. The Balaban J connectivity index is 1.70. The molecule has 1 N–H and O–H groups in total.